The monoisotopic (exact) mass is 221 g/mol. The molecule has 0 fully saturated rings. The molecule has 0 aliphatic heterocycles. The van der Waals surface area contributed by atoms with Crippen LogP contribution in [0.25, 0.3) is 11.0 Å². The molecule has 2 aromatic rings. The van der Waals surface area contributed by atoms with Crippen molar-refractivity contribution in [1.29, 1.82) is 0 Å². The molecule has 0 saturated carbocycles. The number of benzene rings is 1. The van der Waals surface area contributed by atoms with Crippen molar-refractivity contribution < 1.29 is 14.3 Å². The third kappa shape index (κ3) is 1.44. The van der Waals surface area contributed by atoms with Crippen molar-refractivity contribution in [3.05, 3.63) is 18.0 Å². The van der Waals surface area contributed by atoms with Gasteiger partial charge in [0.2, 0.25) is 0 Å². The minimum Gasteiger partial charge on any atom is -0.493 e. The van der Waals surface area contributed by atoms with Crippen LogP contribution in [0.4, 0.5) is 0 Å². The van der Waals surface area contributed by atoms with Crippen molar-refractivity contribution in [2.24, 2.45) is 5.73 Å². The van der Waals surface area contributed by atoms with E-state index in [1.54, 1.807) is 12.1 Å². The first-order valence-corrected chi connectivity index (χ1v) is 4.58. The molecule has 1 aromatic heterocycles. The van der Waals surface area contributed by atoms with Crippen LogP contribution in [0.2, 0.25) is 0 Å². The summed E-state index contributed by atoms with van der Waals surface area (Å²) in [6.45, 7) is 0. The van der Waals surface area contributed by atoms with E-state index in [2.05, 4.69) is 9.97 Å². The lowest BCUT2D eigenvalue weighted by molar-refractivity contribution is 0.0991. The Morgan fingerprint density at radius 2 is 2.12 bits per heavy atom. The van der Waals surface area contributed by atoms with Crippen molar-refractivity contribution in [1.82, 2.24) is 9.97 Å². The van der Waals surface area contributed by atoms with E-state index in [-0.39, 0.29) is 5.82 Å². The van der Waals surface area contributed by atoms with Crippen LogP contribution in [-0.4, -0.2) is 30.1 Å². The zero-order valence-corrected chi connectivity index (χ0v) is 8.90. The van der Waals surface area contributed by atoms with Crippen LogP contribution >= 0.6 is 0 Å². The highest BCUT2D eigenvalue weighted by Crippen LogP contribution is 2.33. The van der Waals surface area contributed by atoms with E-state index < -0.39 is 5.91 Å². The normalized spacial score (nSPS) is 10.4. The number of nitrogens with two attached hydrogens (primary N) is 1. The fourth-order valence-electron chi connectivity index (χ4n) is 1.51. The van der Waals surface area contributed by atoms with E-state index in [0.717, 1.165) is 0 Å². The summed E-state index contributed by atoms with van der Waals surface area (Å²) in [7, 11) is 3.04. The summed E-state index contributed by atoms with van der Waals surface area (Å²) in [4.78, 5) is 17.8. The molecular formula is C10H11N3O3. The Labute approximate surface area is 91.4 Å². The van der Waals surface area contributed by atoms with Crippen LogP contribution in [0.1, 0.15) is 10.6 Å². The third-order valence-corrected chi connectivity index (χ3v) is 2.23. The number of amides is 1. The number of ether oxygens (including phenoxy) is 2. The van der Waals surface area contributed by atoms with Crippen LogP contribution in [-0.2, 0) is 0 Å². The number of aromatic nitrogens is 2. The number of carbonyl (C=O) groups excluding carboxylic acids is 1. The predicted octanol–water partition coefficient (Wildman–Crippen LogP) is 0.679. The number of hydrogen-bond donors (Lipinski definition) is 2. The molecule has 1 heterocycles. The number of nitrogens with zero attached hydrogens (tertiary/aromatic N) is 1. The fourth-order valence-corrected chi connectivity index (χ4v) is 1.51. The maximum Gasteiger partial charge on any atom is 0.284 e. The van der Waals surface area contributed by atoms with Gasteiger partial charge in [-0.05, 0) is 12.1 Å². The Balaban J connectivity index is 2.71. The molecule has 0 atom stereocenters. The first-order chi connectivity index (χ1) is 7.67. The van der Waals surface area contributed by atoms with E-state index in [9.17, 15) is 4.79 Å². The van der Waals surface area contributed by atoms with Gasteiger partial charge in [0.25, 0.3) is 5.91 Å². The van der Waals surface area contributed by atoms with E-state index >= 15 is 0 Å². The lowest BCUT2D eigenvalue weighted by Gasteiger charge is -2.06. The molecule has 1 amide bonds. The van der Waals surface area contributed by atoms with E-state index in [0.29, 0.717) is 22.5 Å². The van der Waals surface area contributed by atoms with Gasteiger partial charge in [0.1, 0.15) is 5.52 Å². The lowest BCUT2D eigenvalue weighted by atomic mass is 10.2. The van der Waals surface area contributed by atoms with Crippen molar-refractivity contribution in [2.75, 3.05) is 14.2 Å². The number of rotatable bonds is 3. The summed E-state index contributed by atoms with van der Waals surface area (Å²) >= 11 is 0. The predicted molar refractivity (Wildman–Crippen MR) is 57.7 cm³/mol. The molecule has 84 valence electrons. The Kier molecular flexibility index (Phi) is 2.40. The topological polar surface area (TPSA) is 90.2 Å². The highest BCUT2D eigenvalue weighted by atomic mass is 16.5. The summed E-state index contributed by atoms with van der Waals surface area (Å²) in [5.41, 5.74) is 6.33. The Hall–Kier alpha value is -2.24. The molecule has 0 saturated heterocycles. The molecular weight excluding hydrogens is 210 g/mol. The summed E-state index contributed by atoms with van der Waals surface area (Å²) in [5, 5.41) is 0. The second-order valence-electron chi connectivity index (χ2n) is 3.15. The SMILES string of the molecule is COc1ccc2[nH]c(C(N)=O)nc2c1OC. The van der Waals surface area contributed by atoms with E-state index in [1.807, 2.05) is 0 Å². The number of fused-ring (bicyclic) bond motifs is 1. The molecule has 6 heteroatoms. The van der Waals surface area contributed by atoms with Gasteiger partial charge in [-0.1, -0.05) is 0 Å². The van der Waals surface area contributed by atoms with Crippen LogP contribution in [0.15, 0.2) is 12.1 Å². The summed E-state index contributed by atoms with van der Waals surface area (Å²) in [5.74, 6) is 0.514. The van der Waals surface area contributed by atoms with Crippen molar-refractivity contribution in [3.8, 4) is 11.5 Å². The maximum absolute atomic E-state index is 11.0. The first-order valence-electron chi connectivity index (χ1n) is 4.58. The van der Waals surface area contributed by atoms with E-state index in [1.165, 1.54) is 14.2 Å². The van der Waals surface area contributed by atoms with Gasteiger partial charge >= 0.3 is 0 Å². The maximum atomic E-state index is 11.0. The molecule has 0 unspecified atom stereocenters. The highest BCUT2D eigenvalue weighted by molar-refractivity contribution is 5.95. The largest absolute Gasteiger partial charge is 0.493 e. The van der Waals surface area contributed by atoms with Crippen molar-refractivity contribution >= 4 is 16.9 Å². The second kappa shape index (κ2) is 3.73. The number of carbonyl (C=O) groups is 1. The summed E-state index contributed by atoms with van der Waals surface area (Å²) < 4.78 is 10.3. The average molecular weight is 221 g/mol. The van der Waals surface area contributed by atoms with Crippen molar-refractivity contribution in [2.45, 2.75) is 0 Å². The number of methoxy groups -OCH3 is 2. The molecule has 3 N–H and O–H groups in total. The molecule has 0 bridgehead atoms. The van der Waals surface area contributed by atoms with Gasteiger partial charge < -0.3 is 20.2 Å². The number of aromatic amines is 1. The van der Waals surface area contributed by atoms with E-state index in [4.69, 9.17) is 15.2 Å². The minimum absolute atomic E-state index is 0.0987. The number of imidazole rings is 1. The third-order valence-electron chi connectivity index (χ3n) is 2.23. The van der Waals surface area contributed by atoms with Gasteiger partial charge in [-0.25, -0.2) is 4.98 Å². The molecule has 0 radical (unpaired) electrons. The van der Waals surface area contributed by atoms with Gasteiger partial charge in [0, 0.05) is 0 Å². The quantitative estimate of drug-likeness (QED) is 0.797. The highest BCUT2D eigenvalue weighted by Gasteiger charge is 2.15. The average Bonchev–Trinajstić information content (AvgIpc) is 2.71. The van der Waals surface area contributed by atoms with Crippen LogP contribution in [0, 0.1) is 0 Å². The Morgan fingerprint density at radius 3 is 2.69 bits per heavy atom. The van der Waals surface area contributed by atoms with Gasteiger partial charge in [-0.2, -0.15) is 0 Å². The van der Waals surface area contributed by atoms with Crippen LogP contribution < -0.4 is 15.2 Å². The Bertz CT molecular complexity index is 547. The molecule has 1 aromatic carbocycles. The lowest BCUT2D eigenvalue weighted by Crippen LogP contribution is -2.12. The zero-order valence-electron chi connectivity index (χ0n) is 8.90. The molecule has 6 nitrogen and oxygen atoms in total. The van der Waals surface area contributed by atoms with Gasteiger partial charge in [0.15, 0.2) is 17.3 Å². The van der Waals surface area contributed by atoms with Gasteiger partial charge in [-0.15, -0.1) is 0 Å². The van der Waals surface area contributed by atoms with Crippen LogP contribution in [0.3, 0.4) is 0 Å². The fraction of sp³-hybridized carbons (Fsp3) is 0.200. The first kappa shape index (κ1) is 10.3. The zero-order chi connectivity index (χ0) is 11.7. The van der Waals surface area contributed by atoms with Gasteiger partial charge in [0.05, 0.1) is 19.7 Å². The van der Waals surface area contributed by atoms with Crippen molar-refractivity contribution in [3.63, 3.8) is 0 Å². The summed E-state index contributed by atoms with van der Waals surface area (Å²) in [6.07, 6.45) is 0. The number of nitrogens with one attached hydrogen (secondary N) is 1. The molecule has 0 aliphatic carbocycles. The molecule has 0 spiro atoms. The standard InChI is InChI=1S/C10H11N3O3/c1-15-6-4-3-5-7(8(6)16-2)13-10(12-5)9(11)14/h3-4H,1-2H3,(H2,11,14)(H,12,13). The smallest absolute Gasteiger partial charge is 0.284 e. The van der Waals surface area contributed by atoms with Gasteiger partial charge in [-0.3, -0.25) is 4.79 Å². The second-order valence-corrected chi connectivity index (χ2v) is 3.15. The number of H-pyrrole nitrogens is 1. The Morgan fingerprint density at radius 1 is 1.38 bits per heavy atom. The minimum atomic E-state index is -0.614. The molecule has 0 aliphatic rings. The summed E-state index contributed by atoms with van der Waals surface area (Å²) in [6, 6.07) is 3.47. The molecule has 2 rings (SSSR count). The molecule has 16 heavy (non-hydrogen) atoms. The van der Waals surface area contributed by atoms with Crippen LogP contribution in [0.5, 0.6) is 11.5 Å². The number of hydrogen-bond acceptors (Lipinski definition) is 4. The number of primary amides is 1.